The SMILES string of the molecule is CC1=NO[C@@]2(CC[C@H](C)N3C[C@H]2n2cc(C(=O)NCc4ccc(F)cc4F)c(=O)c(OCOC(=O)Cc4ccc(OP(=O)(OCc5ccccc5)OCc5ccccc5)cc4)c2C3=O)C1. The lowest BCUT2D eigenvalue weighted by Crippen LogP contribution is -2.52. The summed E-state index contributed by atoms with van der Waals surface area (Å²) in [4.78, 5) is 63.0. The maximum Gasteiger partial charge on any atom is 0.530 e. The number of aromatic nitrogens is 1. The van der Waals surface area contributed by atoms with Crippen LogP contribution >= 0.6 is 7.82 Å². The van der Waals surface area contributed by atoms with Crippen molar-refractivity contribution in [2.45, 2.75) is 77.0 Å². The Labute approximate surface area is 372 Å². The fraction of sp³-hybridized carbons (Fsp3) is 0.298. The molecular weight excluding hydrogens is 866 g/mol. The van der Waals surface area contributed by atoms with Gasteiger partial charge >= 0.3 is 13.8 Å². The van der Waals surface area contributed by atoms with Crippen molar-refractivity contribution in [3.63, 3.8) is 0 Å². The Morgan fingerprint density at radius 2 is 1.60 bits per heavy atom. The second kappa shape index (κ2) is 19.2. The third-order valence-corrected chi connectivity index (χ3v) is 12.8. The van der Waals surface area contributed by atoms with E-state index in [2.05, 4.69) is 10.5 Å². The maximum absolute atomic E-state index is 14.5. The zero-order valence-electron chi connectivity index (χ0n) is 35.4. The highest BCUT2D eigenvalue weighted by Crippen LogP contribution is 2.51. The zero-order valence-corrected chi connectivity index (χ0v) is 36.3. The van der Waals surface area contributed by atoms with E-state index in [-0.39, 0.29) is 55.8 Å². The highest BCUT2D eigenvalue weighted by molar-refractivity contribution is 7.48. The van der Waals surface area contributed by atoms with Gasteiger partial charge in [-0.2, -0.15) is 0 Å². The predicted molar refractivity (Wildman–Crippen MR) is 231 cm³/mol. The van der Waals surface area contributed by atoms with E-state index >= 15 is 0 Å². The molecule has 65 heavy (non-hydrogen) atoms. The molecule has 0 aliphatic carbocycles. The Morgan fingerprint density at radius 1 is 0.923 bits per heavy atom. The molecule has 4 aromatic carbocycles. The van der Waals surface area contributed by atoms with Crippen molar-refractivity contribution in [1.29, 1.82) is 0 Å². The average Bonchev–Trinajstić information content (AvgIpc) is 3.63. The Balaban J connectivity index is 0.985. The third-order valence-electron chi connectivity index (χ3n) is 11.5. The van der Waals surface area contributed by atoms with Gasteiger partial charge < -0.3 is 33.6 Å². The van der Waals surface area contributed by atoms with Crippen LogP contribution in [-0.2, 0) is 54.2 Å². The number of amides is 2. The van der Waals surface area contributed by atoms with Crippen LogP contribution in [0.3, 0.4) is 0 Å². The molecule has 0 saturated carbocycles. The molecule has 1 spiro atoms. The van der Waals surface area contributed by atoms with Crippen LogP contribution < -0.4 is 20.0 Å². The van der Waals surface area contributed by atoms with Gasteiger partial charge in [-0.15, -0.1) is 0 Å². The number of hydrogen-bond donors (Lipinski definition) is 1. The van der Waals surface area contributed by atoms with Crippen molar-refractivity contribution in [3.05, 3.63) is 165 Å². The fourth-order valence-corrected chi connectivity index (χ4v) is 9.23. The van der Waals surface area contributed by atoms with Crippen molar-refractivity contribution >= 4 is 31.3 Å². The number of nitrogens with zero attached hydrogens (tertiary/aromatic N) is 3. The van der Waals surface area contributed by atoms with Gasteiger partial charge in [0.25, 0.3) is 11.8 Å². The lowest BCUT2D eigenvalue weighted by atomic mass is 9.84. The summed E-state index contributed by atoms with van der Waals surface area (Å²) in [5.41, 5.74) is 0.179. The van der Waals surface area contributed by atoms with Gasteiger partial charge in [0, 0.05) is 43.4 Å². The highest BCUT2D eigenvalue weighted by atomic mass is 31.2. The van der Waals surface area contributed by atoms with Crippen LogP contribution in [0.2, 0.25) is 0 Å². The van der Waals surface area contributed by atoms with E-state index in [1.165, 1.54) is 29.0 Å². The normalized spacial score (nSPS) is 18.9. The largest absolute Gasteiger partial charge is 0.530 e. The number of carbonyl (C=O) groups is 3. The molecule has 5 aromatic rings. The number of hydrogen-bond acceptors (Lipinski definition) is 12. The molecule has 1 saturated heterocycles. The molecule has 3 aliphatic rings. The van der Waals surface area contributed by atoms with E-state index in [1.54, 1.807) is 17.0 Å². The van der Waals surface area contributed by atoms with Gasteiger partial charge in [0.15, 0.2) is 11.3 Å². The second-order valence-corrected chi connectivity index (χ2v) is 17.6. The lowest BCUT2D eigenvalue weighted by Gasteiger charge is -2.42. The van der Waals surface area contributed by atoms with Crippen LogP contribution in [0.1, 0.15) is 82.3 Å². The van der Waals surface area contributed by atoms with Crippen molar-refractivity contribution < 1.29 is 55.6 Å². The smallest absolute Gasteiger partial charge is 0.451 e. The van der Waals surface area contributed by atoms with Gasteiger partial charge in [-0.1, -0.05) is 84.0 Å². The molecule has 2 bridgehead atoms. The molecule has 1 N–H and O–H groups in total. The summed E-state index contributed by atoms with van der Waals surface area (Å²) in [5.74, 6) is -4.31. The summed E-state index contributed by atoms with van der Waals surface area (Å²) in [7, 11) is -4.16. The first-order valence-corrected chi connectivity index (χ1v) is 22.3. The lowest BCUT2D eigenvalue weighted by molar-refractivity contribution is -0.149. The summed E-state index contributed by atoms with van der Waals surface area (Å²) >= 11 is 0. The molecule has 1 aromatic heterocycles. The van der Waals surface area contributed by atoms with Gasteiger partial charge in [-0.3, -0.25) is 28.2 Å². The second-order valence-electron chi connectivity index (χ2n) is 16.1. The molecule has 0 unspecified atom stereocenters. The number of carbonyl (C=O) groups excluding carboxylic acids is 3. The molecule has 338 valence electrons. The summed E-state index contributed by atoms with van der Waals surface area (Å²) < 4.78 is 71.8. The van der Waals surface area contributed by atoms with Crippen LogP contribution in [0.15, 0.2) is 119 Å². The quantitative estimate of drug-likeness (QED) is 0.0581. The number of esters is 1. The predicted octanol–water partition coefficient (Wildman–Crippen LogP) is 7.81. The summed E-state index contributed by atoms with van der Waals surface area (Å²) in [6.45, 7) is 2.61. The maximum atomic E-state index is 14.5. The molecule has 1 fully saturated rings. The van der Waals surface area contributed by atoms with Gasteiger partial charge in [0.05, 0.1) is 31.4 Å². The Bertz CT molecular complexity index is 2670. The molecule has 3 aliphatic heterocycles. The van der Waals surface area contributed by atoms with Crippen LogP contribution in [0.4, 0.5) is 8.78 Å². The number of oxime groups is 1. The van der Waals surface area contributed by atoms with E-state index in [9.17, 15) is 32.5 Å². The molecule has 18 heteroatoms. The first-order chi connectivity index (χ1) is 31.3. The van der Waals surface area contributed by atoms with Gasteiger partial charge in [0.1, 0.15) is 22.9 Å². The number of pyridine rings is 1. The summed E-state index contributed by atoms with van der Waals surface area (Å²) in [6, 6.07) is 26.3. The minimum Gasteiger partial charge on any atom is -0.451 e. The van der Waals surface area contributed by atoms with Crippen LogP contribution in [-0.4, -0.2) is 57.9 Å². The molecule has 4 heterocycles. The first kappa shape index (κ1) is 44.9. The number of benzene rings is 4. The Hall–Kier alpha value is -6.68. The number of ether oxygens (including phenoxy) is 2. The standard InChI is InChI=1S/C47H45F2N4O11P/c1-30-23-47(64-51-30)20-19-31(2)52-26-40(47)53-25-38(45(56)50-24-35-15-16-36(48)22-39(35)49)43(55)44(42(53)46(52)57)60-29-59-41(54)21-32-13-17-37(18-14-32)63-65(58,61-27-33-9-5-3-6-10-33)62-28-34-11-7-4-8-12-34/h3-18,22,25,31,40H,19-21,23-24,26-29H2,1-2H3,(H,50,56)/t31-,40+,47-/m0/s1. The number of rotatable bonds is 16. The average molecular weight is 911 g/mol. The van der Waals surface area contributed by atoms with E-state index in [0.717, 1.165) is 22.9 Å². The molecule has 8 rings (SSSR count). The minimum absolute atomic E-state index is 0.0291. The van der Waals surface area contributed by atoms with Gasteiger partial charge in [-0.05, 0) is 61.6 Å². The third kappa shape index (κ3) is 10.2. The summed E-state index contributed by atoms with van der Waals surface area (Å²) in [5, 5.41) is 6.74. The monoisotopic (exact) mass is 910 g/mol. The van der Waals surface area contributed by atoms with E-state index in [4.69, 9.17) is 27.9 Å². The Morgan fingerprint density at radius 3 is 2.23 bits per heavy atom. The number of fused-ring (bicyclic) bond motifs is 5. The molecule has 15 nitrogen and oxygen atoms in total. The fourth-order valence-electron chi connectivity index (χ4n) is 8.06. The van der Waals surface area contributed by atoms with E-state index < -0.39 is 72.4 Å². The highest BCUT2D eigenvalue weighted by Gasteiger charge is 2.54. The molecular formula is C47H45F2N4O11P. The molecule has 3 atom stereocenters. The number of phosphoric ester groups is 1. The van der Waals surface area contributed by atoms with Crippen LogP contribution in [0.5, 0.6) is 11.5 Å². The zero-order chi connectivity index (χ0) is 45.7. The van der Waals surface area contributed by atoms with Crippen molar-refractivity contribution in [1.82, 2.24) is 14.8 Å². The number of halogens is 2. The first-order valence-electron chi connectivity index (χ1n) is 20.9. The number of phosphoric acid groups is 1. The molecule has 2 amide bonds. The van der Waals surface area contributed by atoms with Crippen LogP contribution in [0, 0.1) is 11.6 Å². The van der Waals surface area contributed by atoms with E-state index in [1.807, 2.05) is 74.5 Å². The van der Waals surface area contributed by atoms with Gasteiger partial charge in [-0.25, -0.2) is 13.3 Å². The van der Waals surface area contributed by atoms with Crippen molar-refractivity contribution in [2.24, 2.45) is 5.16 Å². The topological polar surface area (TPSA) is 173 Å². The van der Waals surface area contributed by atoms with Crippen molar-refractivity contribution in [3.8, 4) is 11.5 Å². The minimum atomic E-state index is -4.16. The van der Waals surface area contributed by atoms with Crippen LogP contribution in [0.25, 0.3) is 0 Å². The Kier molecular flexibility index (Phi) is 13.3. The van der Waals surface area contributed by atoms with Crippen molar-refractivity contribution in [2.75, 3.05) is 13.3 Å². The van der Waals surface area contributed by atoms with E-state index in [0.29, 0.717) is 30.9 Å². The molecule has 0 radical (unpaired) electrons. The summed E-state index contributed by atoms with van der Waals surface area (Å²) in [6.07, 6.45) is 2.49. The number of nitrogens with one attached hydrogen (secondary N) is 1. The van der Waals surface area contributed by atoms with Gasteiger partial charge in [0.2, 0.25) is 18.0 Å².